The van der Waals surface area contributed by atoms with Crippen LogP contribution in [0.3, 0.4) is 0 Å². The molecule has 4 nitrogen and oxygen atoms in total. The van der Waals surface area contributed by atoms with Crippen molar-refractivity contribution in [3.8, 4) is 0 Å². The molecule has 3 rings (SSSR count). The summed E-state index contributed by atoms with van der Waals surface area (Å²) in [6, 6.07) is 4.36. The van der Waals surface area contributed by atoms with Crippen LogP contribution in [0.2, 0.25) is 0 Å². The van der Waals surface area contributed by atoms with Crippen LogP contribution in [0.25, 0.3) is 5.65 Å². The van der Waals surface area contributed by atoms with Crippen LogP contribution in [-0.4, -0.2) is 32.8 Å². The molecule has 1 fully saturated rings. The fraction of sp³-hybridized carbons (Fsp3) is 0.529. The van der Waals surface area contributed by atoms with Gasteiger partial charge in [0.15, 0.2) is 0 Å². The highest BCUT2D eigenvalue weighted by Gasteiger charge is 2.28. The highest BCUT2D eigenvalue weighted by Crippen LogP contribution is 2.22. The summed E-state index contributed by atoms with van der Waals surface area (Å²) >= 11 is 0. The van der Waals surface area contributed by atoms with Crippen LogP contribution in [0.15, 0.2) is 18.3 Å². The van der Waals surface area contributed by atoms with Crippen LogP contribution in [0.4, 0.5) is 0 Å². The minimum Gasteiger partial charge on any atom is -0.335 e. The summed E-state index contributed by atoms with van der Waals surface area (Å²) in [5.41, 5.74) is 3.67. The molecule has 0 radical (unpaired) electrons. The van der Waals surface area contributed by atoms with E-state index in [-0.39, 0.29) is 5.91 Å². The van der Waals surface area contributed by atoms with Gasteiger partial charge in [0.1, 0.15) is 11.3 Å². The van der Waals surface area contributed by atoms with Crippen LogP contribution in [0.5, 0.6) is 0 Å². The van der Waals surface area contributed by atoms with E-state index < -0.39 is 0 Å². The van der Waals surface area contributed by atoms with Crippen molar-refractivity contribution in [1.29, 1.82) is 0 Å². The first-order chi connectivity index (χ1) is 10.1. The Hall–Kier alpha value is -1.84. The van der Waals surface area contributed by atoms with Gasteiger partial charge >= 0.3 is 0 Å². The standard InChI is InChI=1S/C17H23N3O/c1-4-14-16(17(21)19-10-6-5-7-13(19)3)20-11-12(2)8-9-15(20)18-14/h8-9,11,13H,4-7,10H2,1-3H3. The Kier molecular flexibility index (Phi) is 3.70. The molecule has 112 valence electrons. The van der Waals surface area contributed by atoms with Crippen LogP contribution in [0.1, 0.15) is 54.9 Å². The van der Waals surface area contributed by atoms with Gasteiger partial charge in [-0.3, -0.25) is 9.20 Å². The molecule has 0 aliphatic carbocycles. The molecule has 0 aromatic carbocycles. The minimum absolute atomic E-state index is 0.136. The minimum atomic E-state index is 0.136. The van der Waals surface area contributed by atoms with Crippen LogP contribution in [0, 0.1) is 6.92 Å². The van der Waals surface area contributed by atoms with E-state index >= 15 is 0 Å². The third kappa shape index (κ3) is 2.43. The largest absolute Gasteiger partial charge is 0.335 e. The number of nitrogens with zero attached hydrogens (tertiary/aromatic N) is 3. The maximum atomic E-state index is 13.0. The zero-order valence-electron chi connectivity index (χ0n) is 13.1. The van der Waals surface area contributed by atoms with E-state index in [2.05, 4.69) is 18.8 Å². The number of hydrogen-bond acceptors (Lipinski definition) is 2. The van der Waals surface area contributed by atoms with E-state index in [0.717, 1.165) is 48.4 Å². The summed E-state index contributed by atoms with van der Waals surface area (Å²) in [7, 11) is 0. The molecule has 0 bridgehead atoms. The molecular weight excluding hydrogens is 262 g/mol. The molecular formula is C17H23N3O. The Morgan fingerprint density at radius 3 is 2.90 bits per heavy atom. The number of aromatic nitrogens is 2. The van der Waals surface area contributed by atoms with Crippen molar-refractivity contribution in [2.75, 3.05) is 6.54 Å². The van der Waals surface area contributed by atoms with Gasteiger partial charge in [0, 0.05) is 18.8 Å². The number of rotatable bonds is 2. The Bertz CT molecular complexity index is 674. The highest BCUT2D eigenvalue weighted by molar-refractivity contribution is 5.95. The second-order valence-electron chi connectivity index (χ2n) is 6.04. The first-order valence-electron chi connectivity index (χ1n) is 7.90. The topological polar surface area (TPSA) is 37.6 Å². The molecule has 0 saturated carbocycles. The second kappa shape index (κ2) is 5.51. The number of pyridine rings is 1. The van der Waals surface area contributed by atoms with Crippen molar-refractivity contribution in [2.24, 2.45) is 0 Å². The molecule has 1 amide bonds. The summed E-state index contributed by atoms with van der Waals surface area (Å²) in [4.78, 5) is 19.7. The van der Waals surface area contributed by atoms with Gasteiger partial charge in [0.25, 0.3) is 5.91 Å². The van der Waals surface area contributed by atoms with E-state index in [4.69, 9.17) is 0 Å². The summed E-state index contributed by atoms with van der Waals surface area (Å²) in [5, 5.41) is 0. The zero-order chi connectivity index (χ0) is 15.0. The molecule has 1 aliphatic rings. The molecule has 4 heteroatoms. The first kappa shape index (κ1) is 14.1. The maximum Gasteiger partial charge on any atom is 0.273 e. The van der Waals surface area contributed by atoms with Gasteiger partial charge in [-0.1, -0.05) is 13.0 Å². The van der Waals surface area contributed by atoms with Crippen molar-refractivity contribution >= 4 is 11.6 Å². The molecule has 21 heavy (non-hydrogen) atoms. The Labute approximate surface area is 125 Å². The number of amides is 1. The third-order valence-electron chi connectivity index (χ3n) is 4.44. The normalized spacial score (nSPS) is 19.2. The molecule has 0 spiro atoms. The van der Waals surface area contributed by atoms with Gasteiger partial charge in [-0.15, -0.1) is 0 Å². The molecule has 1 unspecified atom stereocenters. The number of likely N-dealkylation sites (tertiary alicyclic amines) is 1. The summed E-state index contributed by atoms with van der Waals surface area (Å²) in [6.07, 6.45) is 6.22. The SMILES string of the molecule is CCc1nc2ccc(C)cn2c1C(=O)N1CCCCC1C. The Balaban J connectivity index is 2.09. The lowest BCUT2D eigenvalue weighted by Crippen LogP contribution is -2.42. The molecule has 2 aromatic heterocycles. The Morgan fingerprint density at radius 2 is 2.19 bits per heavy atom. The van der Waals surface area contributed by atoms with Crippen LogP contribution >= 0.6 is 0 Å². The van der Waals surface area contributed by atoms with Gasteiger partial charge in [-0.2, -0.15) is 0 Å². The first-order valence-corrected chi connectivity index (χ1v) is 7.90. The van der Waals surface area contributed by atoms with Gasteiger partial charge < -0.3 is 4.90 Å². The monoisotopic (exact) mass is 285 g/mol. The lowest BCUT2D eigenvalue weighted by atomic mass is 10.0. The molecule has 1 aliphatic heterocycles. The van der Waals surface area contributed by atoms with Crippen LogP contribution in [-0.2, 0) is 6.42 Å². The molecule has 2 aromatic rings. The van der Waals surface area contributed by atoms with Crippen molar-refractivity contribution in [3.05, 3.63) is 35.3 Å². The van der Waals surface area contributed by atoms with Crippen LogP contribution < -0.4 is 0 Å². The van der Waals surface area contributed by atoms with Crippen molar-refractivity contribution in [2.45, 2.75) is 52.5 Å². The predicted octanol–water partition coefficient (Wildman–Crippen LogP) is 3.22. The molecule has 3 heterocycles. The summed E-state index contributed by atoms with van der Waals surface area (Å²) in [6.45, 7) is 7.12. The van der Waals surface area contributed by atoms with E-state index in [1.165, 1.54) is 6.42 Å². The second-order valence-corrected chi connectivity index (χ2v) is 6.04. The van der Waals surface area contributed by atoms with Gasteiger partial charge in [-0.05, 0) is 51.2 Å². The van der Waals surface area contributed by atoms with E-state index in [1.807, 2.05) is 34.6 Å². The fourth-order valence-electron chi connectivity index (χ4n) is 3.21. The number of fused-ring (bicyclic) bond motifs is 1. The van der Waals surface area contributed by atoms with Gasteiger partial charge in [0.2, 0.25) is 0 Å². The van der Waals surface area contributed by atoms with E-state index in [0.29, 0.717) is 6.04 Å². The molecule has 0 N–H and O–H groups in total. The van der Waals surface area contributed by atoms with Crippen molar-refractivity contribution in [3.63, 3.8) is 0 Å². The number of carbonyl (C=O) groups excluding carboxylic acids is 1. The fourth-order valence-corrected chi connectivity index (χ4v) is 3.21. The average molecular weight is 285 g/mol. The Morgan fingerprint density at radius 1 is 1.38 bits per heavy atom. The predicted molar refractivity (Wildman–Crippen MR) is 83.7 cm³/mol. The molecule has 1 atom stereocenters. The van der Waals surface area contributed by atoms with E-state index in [1.54, 1.807) is 0 Å². The zero-order valence-corrected chi connectivity index (χ0v) is 13.1. The number of piperidine rings is 1. The number of hydrogen-bond donors (Lipinski definition) is 0. The molecule has 1 saturated heterocycles. The summed E-state index contributed by atoms with van der Waals surface area (Å²) in [5.74, 6) is 0.136. The third-order valence-corrected chi connectivity index (χ3v) is 4.44. The number of imidazole rings is 1. The number of carbonyl (C=O) groups is 1. The lowest BCUT2D eigenvalue weighted by molar-refractivity contribution is 0.0627. The quantitative estimate of drug-likeness (QED) is 0.849. The lowest BCUT2D eigenvalue weighted by Gasteiger charge is -2.33. The summed E-state index contributed by atoms with van der Waals surface area (Å²) < 4.78 is 1.97. The van der Waals surface area contributed by atoms with E-state index in [9.17, 15) is 4.79 Å². The number of aryl methyl sites for hydroxylation is 2. The smallest absolute Gasteiger partial charge is 0.273 e. The van der Waals surface area contributed by atoms with Gasteiger partial charge in [-0.25, -0.2) is 4.98 Å². The van der Waals surface area contributed by atoms with Crippen molar-refractivity contribution in [1.82, 2.24) is 14.3 Å². The van der Waals surface area contributed by atoms with Crippen molar-refractivity contribution < 1.29 is 4.79 Å². The highest BCUT2D eigenvalue weighted by atomic mass is 16.2. The average Bonchev–Trinajstić information content (AvgIpc) is 2.84. The maximum absolute atomic E-state index is 13.0. The van der Waals surface area contributed by atoms with Gasteiger partial charge in [0.05, 0.1) is 5.69 Å².